The minimum absolute atomic E-state index is 0.00920. The zero-order valence-electron chi connectivity index (χ0n) is 12.1. The van der Waals surface area contributed by atoms with Crippen molar-refractivity contribution in [1.82, 2.24) is 9.78 Å². The van der Waals surface area contributed by atoms with Crippen molar-refractivity contribution in [2.45, 2.75) is 51.6 Å². The van der Waals surface area contributed by atoms with Gasteiger partial charge >= 0.3 is 0 Å². The maximum atomic E-state index is 11.9. The lowest BCUT2D eigenvalue weighted by Gasteiger charge is -2.54. The molecule has 1 aromatic heterocycles. The number of nitrogens with zero attached hydrogens (tertiary/aromatic N) is 2. The number of aryl methyl sites for hydroxylation is 1. The maximum Gasteiger partial charge on any atom is 0.204 e. The molecule has 0 saturated heterocycles. The van der Waals surface area contributed by atoms with Gasteiger partial charge in [0.1, 0.15) is 5.69 Å². The molecule has 4 saturated carbocycles. The number of hydrogen-bond donors (Lipinski definition) is 1. The summed E-state index contributed by atoms with van der Waals surface area (Å²) in [6.45, 7) is 2.26. The molecule has 20 heavy (non-hydrogen) atoms. The van der Waals surface area contributed by atoms with Crippen LogP contribution >= 0.6 is 0 Å². The molecule has 0 radical (unpaired) electrons. The lowest BCUT2D eigenvalue weighted by atomic mass is 9.54. The average Bonchev–Trinajstić information content (AvgIpc) is 2.39. The van der Waals surface area contributed by atoms with Crippen molar-refractivity contribution in [3.63, 3.8) is 0 Å². The molecule has 1 aromatic rings. The molecule has 1 heterocycles. The van der Waals surface area contributed by atoms with Crippen LogP contribution < -0.4 is 11.2 Å². The molecule has 4 aliphatic rings. The molecule has 4 bridgehead atoms. The van der Waals surface area contributed by atoms with Gasteiger partial charge in [-0.05, 0) is 62.7 Å². The summed E-state index contributed by atoms with van der Waals surface area (Å²) < 4.78 is 2.15. The zero-order valence-corrected chi connectivity index (χ0v) is 12.1. The van der Waals surface area contributed by atoms with Gasteiger partial charge in [0, 0.05) is 18.3 Å². The van der Waals surface area contributed by atoms with Crippen LogP contribution in [0.2, 0.25) is 0 Å². The molecule has 0 unspecified atom stereocenters. The predicted octanol–water partition coefficient (Wildman–Crippen LogP) is 2.01. The van der Waals surface area contributed by atoms with Crippen molar-refractivity contribution in [2.24, 2.45) is 29.4 Å². The summed E-state index contributed by atoms with van der Waals surface area (Å²) in [6.07, 6.45) is 6.92. The van der Waals surface area contributed by atoms with E-state index in [-0.39, 0.29) is 12.0 Å². The molecule has 0 aliphatic heterocycles. The highest BCUT2D eigenvalue weighted by Crippen LogP contribution is 2.58. The summed E-state index contributed by atoms with van der Waals surface area (Å²) in [5.74, 6) is 3.46. The van der Waals surface area contributed by atoms with E-state index >= 15 is 0 Å². The van der Waals surface area contributed by atoms with Gasteiger partial charge < -0.3 is 5.73 Å². The summed E-state index contributed by atoms with van der Waals surface area (Å²) in [5, 5.41) is 4.62. The monoisotopic (exact) mass is 273 g/mol. The van der Waals surface area contributed by atoms with E-state index in [0.717, 1.165) is 29.4 Å². The Hall–Kier alpha value is -1.16. The highest BCUT2D eigenvalue weighted by atomic mass is 16.1. The van der Waals surface area contributed by atoms with Crippen LogP contribution in [0.1, 0.15) is 49.5 Å². The minimum Gasteiger partial charge on any atom is -0.325 e. The SMILES string of the molecule is Cc1cc(=O)c(CN)nn1C1C2CC3CC(C2)CC1C3. The number of aromatic nitrogens is 2. The van der Waals surface area contributed by atoms with Crippen molar-refractivity contribution < 1.29 is 0 Å². The van der Waals surface area contributed by atoms with Crippen molar-refractivity contribution >= 4 is 0 Å². The third-order valence-corrected chi connectivity index (χ3v) is 5.87. The fraction of sp³-hybridized carbons (Fsp3) is 0.750. The Morgan fingerprint density at radius 3 is 2.35 bits per heavy atom. The molecule has 0 amide bonds. The van der Waals surface area contributed by atoms with E-state index in [1.807, 2.05) is 6.92 Å². The highest BCUT2D eigenvalue weighted by molar-refractivity contribution is 5.11. The van der Waals surface area contributed by atoms with Crippen LogP contribution in [-0.4, -0.2) is 9.78 Å². The summed E-state index contributed by atoms with van der Waals surface area (Å²) >= 11 is 0. The van der Waals surface area contributed by atoms with Crippen LogP contribution in [0.5, 0.6) is 0 Å². The van der Waals surface area contributed by atoms with Crippen LogP contribution in [0.25, 0.3) is 0 Å². The second-order valence-electron chi connectivity index (χ2n) is 7.17. The summed E-state index contributed by atoms with van der Waals surface area (Å²) in [5.41, 5.74) is 7.18. The summed E-state index contributed by atoms with van der Waals surface area (Å²) in [4.78, 5) is 11.9. The molecular formula is C16H23N3O. The second-order valence-corrected chi connectivity index (χ2v) is 7.17. The van der Waals surface area contributed by atoms with Crippen molar-refractivity contribution in [1.29, 1.82) is 0 Å². The lowest BCUT2D eigenvalue weighted by molar-refractivity contribution is -0.0352. The largest absolute Gasteiger partial charge is 0.325 e. The second kappa shape index (κ2) is 4.42. The van der Waals surface area contributed by atoms with E-state index < -0.39 is 0 Å². The summed E-state index contributed by atoms with van der Waals surface area (Å²) in [6, 6.07) is 2.23. The third-order valence-electron chi connectivity index (χ3n) is 5.87. The molecule has 4 nitrogen and oxygen atoms in total. The van der Waals surface area contributed by atoms with E-state index in [2.05, 4.69) is 9.78 Å². The van der Waals surface area contributed by atoms with Crippen LogP contribution in [-0.2, 0) is 6.54 Å². The van der Waals surface area contributed by atoms with Gasteiger partial charge in [-0.3, -0.25) is 9.48 Å². The molecule has 0 aromatic carbocycles. The number of hydrogen-bond acceptors (Lipinski definition) is 3. The third kappa shape index (κ3) is 1.77. The highest BCUT2D eigenvalue weighted by Gasteiger charge is 2.49. The first-order chi connectivity index (χ1) is 9.65. The van der Waals surface area contributed by atoms with E-state index in [0.29, 0.717) is 11.7 Å². The lowest BCUT2D eigenvalue weighted by Crippen LogP contribution is -2.47. The van der Waals surface area contributed by atoms with Crippen LogP contribution in [0, 0.1) is 30.6 Å². The normalized spacial score (nSPS) is 38.4. The van der Waals surface area contributed by atoms with Gasteiger partial charge in [0.2, 0.25) is 5.43 Å². The Kier molecular flexibility index (Phi) is 2.78. The van der Waals surface area contributed by atoms with Gasteiger partial charge in [-0.25, -0.2) is 0 Å². The molecule has 108 valence electrons. The van der Waals surface area contributed by atoms with Gasteiger partial charge in [0.25, 0.3) is 0 Å². The maximum absolute atomic E-state index is 11.9. The fourth-order valence-electron chi connectivity index (χ4n) is 5.34. The number of rotatable bonds is 2. The quantitative estimate of drug-likeness (QED) is 0.896. The van der Waals surface area contributed by atoms with E-state index in [1.165, 1.54) is 32.1 Å². The molecule has 2 N–H and O–H groups in total. The smallest absolute Gasteiger partial charge is 0.204 e. The molecule has 0 spiro atoms. The van der Waals surface area contributed by atoms with Gasteiger partial charge in [-0.2, -0.15) is 5.10 Å². The van der Waals surface area contributed by atoms with Gasteiger partial charge in [0.15, 0.2) is 0 Å². The van der Waals surface area contributed by atoms with Crippen LogP contribution in [0.15, 0.2) is 10.9 Å². The van der Waals surface area contributed by atoms with E-state index in [9.17, 15) is 4.79 Å². The van der Waals surface area contributed by atoms with Crippen molar-refractivity contribution in [3.8, 4) is 0 Å². The fourth-order valence-corrected chi connectivity index (χ4v) is 5.34. The Morgan fingerprint density at radius 1 is 1.20 bits per heavy atom. The van der Waals surface area contributed by atoms with Crippen molar-refractivity contribution in [2.75, 3.05) is 0 Å². The molecular weight excluding hydrogens is 250 g/mol. The first-order valence-corrected chi connectivity index (χ1v) is 7.95. The Labute approximate surface area is 119 Å². The van der Waals surface area contributed by atoms with E-state index in [4.69, 9.17) is 5.73 Å². The topological polar surface area (TPSA) is 60.9 Å². The predicted molar refractivity (Wildman–Crippen MR) is 77.2 cm³/mol. The average molecular weight is 273 g/mol. The molecule has 5 rings (SSSR count). The number of nitrogens with two attached hydrogens (primary N) is 1. The molecule has 4 heteroatoms. The first-order valence-electron chi connectivity index (χ1n) is 7.95. The van der Waals surface area contributed by atoms with Gasteiger partial charge in [-0.15, -0.1) is 0 Å². The minimum atomic E-state index is -0.00920. The standard InChI is InChI=1S/C16H23N3O/c1-9-2-15(20)14(8-17)18-19(9)16-12-4-10-3-11(6-12)7-13(16)5-10/h2,10-13,16H,3-8,17H2,1H3. The first kappa shape index (κ1) is 12.6. The van der Waals surface area contributed by atoms with Gasteiger partial charge in [0.05, 0.1) is 6.04 Å². The Morgan fingerprint density at radius 2 is 1.80 bits per heavy atom. The summed E-state index contributed by atoms with van der Waals surface area (Å²) in [7, 11) is 0. The Bertz CT molecular complexity index is 564. The Balaban J connectivity index is 1.76. The van der Waals surface area contributed by atoms with Crippen molar-refractivity contribution in [3.05, 3.63) is 27.7 Å². The van der Waals surface area contributed by atoms with E-state index in [1.54, 1.807) is 6.07 Å². The zero-order chi connectivity index (χ0) is 13.9. The van der Waals surface area contributed by atoms with Crippen LogP contribution in [0.3, 0.4) is 0 Å². The van der Waals surface area contributed by atoms with Gasteiger partial charge in [-0.1, -0.05) is 0 Å². The van der Waals surface area contributed by atoms with Crippen LogP contribution in [0.4, 0.5) is 0 Å². The molecule has 4 fully saturated rings. The molecule has 4 aliphatic carbocycles. The molecule has 0 atom stereocenters.